The molecule has 2 heterocycles. The Morgan fingerprint density at radius 2 is 2.00 bits per heavy atom. The van der Waals surface area contributed by atoms with Crippen molar-refractivity contribution in [1.29, 1.82) is 0 Å². The first-order chi connectivity index (χ1) is 6.65. The third-order valence-corrected chi connectivity index (χ3v) is 3.89. The molecule has 2 rings (SSSR count). The van der Waals surface area contributed by atoms with E-state index in [1.165, 1.54) is 25.9 Å². The van der Waals surface area contributed by atoms with Crippen LogP contribution in [-0.4, -0.2) is 48.9 Å². The molecule has 3 nitrogen and oxygen atoms in total. The highest BCUT2D eigenvalue weighted by Gasteiger charge is 2.43. The molecule has 0 radical (unpaired) electrons. The second kappa shape index (κ2) is 3.54. The van der Waals surface area contributed by atoms with Crippen molar-refractivity contribution < 1.29 is 4.79 Å². The zero-order chi connectivity index (χ0) is 10.2. The van der Waals surface area contributed by atoms with Gasteiger partial charge in [-0.2, -0.15) is 0 Å². The molecule has 0 unspecified atom stereocenters. The van der Waals surface area contributed by atoms with Gasteiger partial charge >= 0.3 is 0 Å². The van der Waals surface area contributed by atoms with Crippen LogP contribution in [0.4, 0.5) is 0 Å². The number of piperidine rings is 1. The van der Waals surface area contributed by atoms with Crippen molar-refractivity contribution in [1.82, 2.24) is 9.80 Å². The molecule has 0 bridgehead atoms. The highest BCUT2D eigenvalue weighted by atomic mass is 16.2. The zero-order valence-corrected chi connectivity index (χ0v) is 9.25. The van der Waals surface area contributed by atoms with Crippen LogP contribution >= 0.6 is 0 Å². The lowest BCUT2D eigenvalue weighted by atomic mass is 9.77. The molecule has 0 N–H and O–H groups in total. The van der Waals surface area contributed by atoms with Crippen LogP contribution < -0.4 is 0 Å². The minimum atomic E-state index is 0.331. The number of nitrogens with zero attached hydrogens (tertiary/aromatic N) is 2. The quantitative estimate of drug-likeness (QED) is 0.623. The van der Waals surface area contributed by atoms with E-state index in [9.17, 15) is 4.79 Å². The highest BCUT2D eigenvalue weighted by Crippen LogP contribution is 2.40. The molecule has 1 amide bonds. The van der Waals surface area contributed by atoms with Crippen LogP contribution in [0.25, 0.3) is 0 Å². The van der Waals surface area contributed by atoms with E-state index >= 15 is 0 Å². The Morgan fingerprint density at radius 3 is 2.43 bits per heavy atom. The van der Waals surface area contributed by atoms with E-state index in [-0.39, 0.29) is 0 Å². The van der Waals surface area contributed by atoms with E-state index in [1.807, 2.05) is 11.9 Å². The minimum Gasteiger partial charge on any atom is -0.345 e. The van der Waals surface area contributed by atoms with Crippen LogP contribution in [0, 0.1) is 5.41 Å². The summed E-state index contributed by atoms with van der Waals surface area (Å²) < 4.78 is 0. The smallest absolute Gasteiger partial charge is 0.222 e. The molecule has 2 aliphatic heterocycles. The average Bonchev–Trinajstić information content (AvgIpc) is 2.44. The van der Waals surface area contributed by atoms with Gasteiger partial charge in [0, 0.05) is 20.0 Å². The van der Waals surface area contributed by atoms with Crippen molar-refractivity contribution in [2.45, 2.75) is 26.2 Å². The number of hydrogen-bond acceptors (Lipinski definition) is 2. The molecular weight excluding hydrogens is 176 g/mol. The van der Waals surface area contributed by atoms with Gasteiger partial charge in [0.2, 0.25) is 5.91 Å². The van der Waals surface area contributed by atoms with Gasteiger partial charge in [0.1, 0.15) is 0 Å². The summed E-state index contributed by atoms with van der Waals surface area (Å²) in [4.78, 5) is 15.9. The Labute approximate surface area is 86.1 Å². The summed E-state index contributed by atoms with van der Waals surface area (Å²) in [5, 5.41) is 0. The fourth-order valence-corrected chi connectivity index (χ4v) is 2.78. The number of rotatable bonds is 1. The molecule has 80 valence electrons. The first kappa shape index (κ1) is 9.97. The normalized spacial score (nSPS) is 27.6. The van der Waals surface area contributed by atoms with Crippen LogP contribution in [0.5, 0.6) is 0 Å². The van der Waals surface area contributed by atoms with Crippen molar-refractivity contribution in [2.75, 3.05) is 33.2 Å². The van der Waals surface area contributed by atoms with Gasteiger partial charge in [-0.05, 0) is 37.9 Å². The number of carbonyl (C=O) groups is 1. The summed E-state index contributed by atoms with van der Waals surface area (Å²) >= 11 is 0. The molecule has 0 saturated carbocycles. The standard InChI is InChI=1S/C11H20N2O/c1-3-13-6-4-11(5-7-13)8-10(14)12(2)9-11/h3-9H2,1-2H3. The van der Waals surface area contributed by atoms with Crippen molar-refractivity contribution in [3.8, 4) is 0 Å². The van der Waals surface area contributed by atoms with E-state index in [1.54, 1.807) is 0 Å². The van der Waals surface area contributed by atoms with E-state index in [0.717, 1.165) is 19.5 Å². The maximum absolute atomic E-state index is 11.5. The lowest BCUT2D eigenvalue weighted by Crippen LogP contribution is -2.41. The number of carbonyl (C=O) groups excluding carboxylic acids is 1. The third-order valence-electron chi connectivity index (χ3n) is 3.89. The number of amides is 1. The lowest BCUT2D eigenvalue weighted by Gasteiger charge is -2.38. The summed E-state index contributed by atoms with van der Waals surface area (Å²) in [7, 11) is 1.93. The van der Waals surface area contributed by atoms with E-state index in [0.29, 0.717) is 11.3 Å². The zero-order valence-electron chi connectivity index (χ0n) is 9.25. The maximum Gasteiger partial charge on any atom is 0.222 e. The summed E-state index contributed by atoms with van der Waals surface area (Å²) in [5.41, 5.74) is 0.331. The number of likely N-dealkylation sites (tertiary alicyclic amines) is 2. The fourth-order valence-electron chi connectivity index (χ4n) is 2.78. The maximum atomic E-state index is 11.5. The lowest BCUT2D eigenvalue weighted by molar-refractivity contribution is -0.126. The van der Waals surface area contributed by atoms with Crippen molar-refractivity contribution in [2.24, 2.45) is 5.41 Å². The van der Waals surface area contributed by atoms with Gasteiger partial charge in [-0.15, -0.1) is 0 Å². The van der Waals surface area contributed by atoms with Crippen LogP contribution in [0.1, 0.15) is 26.2 Å². The molecule has 1 spiro atoms. The van der Waals surface area contributed by atoms with Crippen molar-refractivity contribution in [3.63, 3.8) is 0 Å². The monoisotopic (exact) mass is 196 g/mol. The Kier molecular flexibility index (Phi) is 2.52. The van der Waals surface area contributed by atoms with Gasteiger partial charge in [0.25, 0.3) is 0 Å². The predicted molar refractivity (Wildman–Crippen MR) is 56.0 cm³/mol. The third kappa shape index (κ3) is 1.65. The Morgan fingerprint density at radius 1 is 1.36 bits per heavy atom. The SMILES string of the molecule is CCN1CCC2(CC1)CC(=O)N(C)C2. The van der Waals surface area contributed by atoms with Crippen molar-refractivity contribution >= 4 is 5.91 Å². The largest absolute Gasteiger partial charge is 0.345 e. The summed E-state index contributed by atoms with van der Waals surface area (Å²) in [6.45, 7) is 6.71. The van der Waals surface area contributed by atoms with Gasteiger partial charge in [-0.25, -0.2) is 0 Å². The van der Waals surface area contributed by atoms with E-state index in [4.69, 9.17) is 0 Å². The minimum absolute atomic E-state index is 0.331. The molecule has 0 aromatic rings. The van der Waals surface area contributed by atoms with Crippen LogP contribution in [0.2, 0.25) is 0 Å². The summed E-state index contributed by atoms with van der Waals surface area (Å²) in [5.74, 6) is 0.343. The van der Waals surface area contributed by atoms with Gasteiger partial charge in [-0.1, -0.05) is 6.92 Å². The second-order valence-electron chi connectivity index (χ2n) is 4.86. The van der Waals surface area contributed by atoms with Gasteiger partial charge < -0.3 is 9.80 Å². The van der Waals surface area contributed by atoms with Crippen LogP contribution in [-0.2, 0) is 4.79 Å². The van der Waals surface area contributed by atoms with Gasteiger partial charge in [0.05, 0.1) is 0 Å². The number of hydrogen-bond donors (Lipinski definition) is 0. The molecule has 3 heteroatoms. The highest BCUT2D eigenvalue weighted by molar-refractivity contribution is 5.79. The van der Waals surface area contributed by atoms with Crippen LogP contribution in [0.3, 0.4) is 0 Å². The fraction of sp³-hybridized carbons (Fsp3) is 0.909. The first-order valence-corrected chi connectivity index (χ1v) is 5.61. The molecule has 2 aliphatic rings. The van der Waals surface area contributed by atoms with Crippen LogP contribution in [0.15, 0.2) is 0 Å². The summed E-state index contributed by atoms with van der Waals surface area (Å²) in [6.07, 6.45) is 3.20. The molecule has 14 heavy (non-hydrogen) atoms. The Hall–Kier alpha value is -0.570. The van der Waals surface area contributed by atoms with E-state index in [2.05, 4.69) is 11.8 Å². The molecular formula is C11H20N2O. The second-order valence-corrected chi connectivity index (χ2v) is 4.86. The topological polar surface area (TPSA) is 23.6 Å². The molecule has 0 aliphatic carbocycles. The predicted octanol–water partition coefficient (Wildman–Crippen LogP) is 0.951. The summed E-state index contributed by atoms with van der Waals surface area (Å²) in [6, 6.07) is 0. The Bertz CT molecular complexity index is 231. The molecule has 2 fully saturated rings. The van der Waals surface area contributed by atoms with Crippen molar-refractivity contribution in [3.05, 3.63) is 0 Å². The van der Waals surface area contributed by atoms with Gasteiger partial charge in [-0.3, -0.25) is 4.79 Å². The molecule has 0 aromatic heterocycles. The van der Waals surface area contributed by atoms with Gasteiger partial charge in [0.15, 0.2) is 0 Å². The molecule has 0 atom stereocenters. The first-order valence-electron chi connectivity index (χ1n) is 5.61. The Balaban J connectivity index is 1.97. The van der Waals surface area contributed by atoms with E-state index < -0.39 is 0 Å². The average molecular weight is 196 g/mol. The molecule has 0 aromatic carbocycles. The molecule has 2 saturated heterocycles.